The quantitative estimate of drug-likeness (QED) is 0.627. The molecule has 0 atom stereocenters. The fourth-order valence-corrected chi connectivity index (χ4v) is 2.11. The van der Waals surface area contributed by atoms with E-state index in [4.69, 9.17) is 5.73 Å². The number of nitrogens with zero attached hydrogens (tertiary/aromatic N) is 1. The highest BCUT2D eigenvalue weighted by Gasteiger charge is 2.01. The lowest BCUT2D eigenvalue weighted by molar-refractivity contribution is 1.15. The molecule has 0 spiro atoms. The van der Waals surface area contributed by atoms with Crippen molar-refractivity contribution in [2.45, 2.75) is 13.5 Å². The van der Waals surface area contributed by atoms with Gasteiger partial charge in [-0.15, -0.1) is 0 Å². The van der Waals surface area contributed by atoms with Gasteiger partial charge in [-0.25, -0.2) is 4.98 Å². The van der Waals surface area contributed by atoms with Gasteiger partial charge in [-0.2, -0.15) is 0 Å². The molecule has 0 unspecified atom stereocenters. The molecule has 1 aromatic heterocycles. The number of aryl methyl sites for hydroxylation is 1. The van der Waals surface area contributed by atoms with Gasteiger partial charge in [-0.1, -0.05) is 12.1 Å². The van der Waals surface area contributed by atoms with Crippen LogP contribution in [0.3, 0.4) is 0 Å². The summed E-state index contributed by atoms with van der Waals surface area (Å²) in [7, 11) is 0. The number of aromatic amines is 1. The maximum atomic E-state index is 5.95. The number of imidazole rings is 1. The molecule has 4 N–H and O–H groups in total. The van der Waals surface area contributed by atoms with Crippen molar-refractivity contribution in [2.24, 2.45) is 0 Å². The molecule has 0 aliphatic carbocycles. The molecule has 0 saturated carbocycles. The van der Waals surface area contributed by atoms with E-state index in [1.165, 1.54) is 11.1 Å². The third-order valence-corrected chi connectivity index (χ3v) is 3.18. The average molecular weight is 252 g/mol. The van der Waals surface area contributed by atoms with Gasteiger partial charge in [0.15, 0.2) is 0 Å². The first-order valence-corrected chi connectivity index (χ1v) is 6.24. The number of benzene rings is 2. The minimum absolute atomic E-state index is 0.739. The molecule has 96 valence electrons. The third kappa shape index (κ3) is 2.38. The van der Waals surface area contributed by atoms with Crippen molar-refractivity contribution in [1.29, 1.82) is 0 Å². The summed E-state index contributed by atoms with van der Waals surface area (Å²) in [6.07, 6.45) is 1.71. The Morgan fingerprint density at radius 3 is 3.00 bits per heavy atom. The monoisotopic (exact) mass is 252 g/mol. The summed E-state index contributed by atoms with van der Waals surface area (Å²) in [5.41, 5.74) is 12.1. The molecular formula is C15H16N4. The average Bonchev–Trinajstić information content (AvgIpc) is 2.87. The Balaban J connectivity index is 1.79. The zero-order valence-electron chi connectivity index (χ0n) is 10.8. The number of nitrogens with one attached hydrogen (secondary N) is 2. The molecule has 3 aromatic rings. The molecule has 2 aromatic carbocycles. The number of anilines is 2. The first-order valence-electron chi connectivity index (χ1n) is 6.24. The lowest BCUT2D eigenvalue weighted by atomic mass is 10.1. The molecule has 0 amide bonds. The zero-order valence-corrected chi connectivity index (χ0v) is 10.8. The fourth-order valence-electron chi connectivity index (χ4n) is 2.11. The van der Waals surface area contributed by atoms with E-state index < -0.39 is 0 Å². The summed E-state index contributed by atoms with van der Waals surface area (Å²) in [5, 5.41) is 3.37. The number of H-pyrrole nitrogens is 1. The number of nitrogen functional groups attached to an aromatic ring is 1. The van der Waals surface area contributed by atoms with Gasteiger partial charge in [-0.3, -0.25) is 0 Å². The van der Waals surface area contributed by atoms with Crippen LogP contribution in [0.25, 0.3) is 11.0 Å². The van der Waals surface area contributed by atoms with Crippen molar-refractivity contribution < 1.29 is 0 Å². The van der Waals surface area contributed by atoms with Gasteiger partial charge in [0.25, 0.3) is 0 Å². The summed E-state index contributed by atoms with van der Waals surface area (Å²) < 4.78 is 0. The van der Waals surface area contributed by atoms with Crippen molar-refractivity contribution >= 4 is 22.4 Å². The number of aromatic nitrogens is 2. The molecule has 4 nitrogen and oxygen atoms in total. The summed E-state index contributed by atoms with van der Waals surface area (Å²) >= 11 is 0. The summed E-state index contributed by atoms with van der Waals surface area (Å²) in [6.45, 7) is 2.80. The van der Waals surface area contributed by atoms with Gasteiger partial charge < -0.3 is 16.0 Å². The van der Waals surface area contributed by atoms with Gasteiger partial charge in [-0.05, 0) is 42.3 Å². The van der Waals surface area contributed by atoms with E-state index in [-0.39, 0.29) is 0 Å². The second-order valence-electron chi connectivity index (χ2n) is 4.70. The van der Waals surface area contributed by atoms with Crippen LogP contribution in [0.5, 0.6) is 0 Å². The Kier molecular flexibility index (Phi) is 2.83. The van der Waals surface area contributed by atoms with Crippen molar-refractivity contribution in [1.82, 2.24) is 9.97 Å². The molecule has 0 bridgehead atoms. The van der Waals surface area contributed by atoms with Crippen LogP contribution >= 0.6 is 0 Å². The normalized spacial score (nSPS) is 10.8. The summed E-state index contributed by atoms with van der Waals surface area (Å²) in [6, 6.07) is 12.2. The van der Waals surface area contributed by atoms with E-state index in [0.29, 0.717) is 0 Å². The van der Waals surface area contributed by atoms with Crippen LogP contribution in [-0.2, 0) is 6.54 Å². The van der Waals surface area contributed by atoms with Crippen LogP contribution in [0.1, 0.15) is 11.1 Å². The number of rotatable bonds is 3. The van der Waals surface area contributed by atoms with E-state index in [2.05, 4.69) is 40.4 Å². The molecule has 0 aliphatic rings. The van der Waals surface area contributed by atoms with Crippen molar-refractivity contribution in [3.8, 4) is 0 Å². The molecule has 3 rings (SSSR count). The predicted octanol–water partition coefficient (Wildman–Crippen LogP) is 3.07. The smallest absolute Gasteiger partial charge is 0.0931 e. The van der Waals surface area contributed by atoms with Gasteiger partial charge in [0.2, 0.25) is 0 Å². The molecule has 4 heteroatoms. The van der Waals surface area contributed by atoms with Crippen molar-refractivity contribution in [3.63, 3.8) is 0 Å². The third-order valence-electron chi connectivity index (χ3n) is 3.18. The zero-order chi connectivity index (χ0) is 13.2. The van der Waals surface area contributed by atoms with E-state index in [1.54, 1.807) is 6.33 Å². The SMILES string of the molecule is Cc1ccc(N)c(NCc2ccc3nc[nH]c3c2)c1. The first-order chi connectivity index (χ1) is 9.22. The van der Waals surface area contributed by atoms with Gasteiger partial charge in [0.05, 0.1) is 28.7 Å². The van der Waals surface area contributed by atoms with E-state index in [0.717, 1.165) is 29.0 Å². The van der Waals surface area contributed by atoms with Crippen LogP contribution in [0.2, 0.25) is 0 Å². The standard InChI is InChI=1S/C15H16N4/c1-10-2-4-12(16)14(6-10)17-8-11-3-5-13-15(7-11)19-9-18-13/h2-7,9,17H,8,16H2,1H3,(H,18,19). The van der Waals surface area contributed by atoms with Crippen LogP contribution < -0.4 is 11.1 Å². The Labute approximate surface area is 111 Å². The molecule has 0 saturated heterocycles. The Morgan fingerprint density at radius 2 is 2.11 bits per heavy atom. The highest BCUT2D eigenvalue weighted by molar-refractivity contribution is 5.75. The minimum atomic E-state index is 0.739. The van der Waals surface area contributed by atoms with E-state index >= 15 is 0 Å². The number of hydrogen-bond acceptors (Lipinski definition) is 3. The molecule has 19 heavy (non-hydrogen) atoms. The number of hydrogen-bond donors (Lipinski definition) is 3. The molecule has 0 radical (unpaired) electrons. The van der Waals surface area contributed by atoms with Gasteiger partial charge >= 0.3 is 0 Å². The number of nitrogens with two attached hydrogens (primary N) is 1. The lowest BCUT2D eigenvalue weighted by Gasteiger charge is -2.10. The molecule has 1 heterocycles. The predicted molar refractivity (Wildman–Crippen MR) is 79.0 cm³/mol. The highest BCUT2D eigenvalue weighted by Crippen LogP contribution is 2.21. The second kappa shape index (κ2) is 4.65. The van der Waals surface area contributed by atoms with Crippen LogP contribution in [-0.4, -0.2) is 9.97 Å². The first kappa shape index (κ1) is 11.6. The Bertz CT molecular complexity index is 715. The molecule has 0 fully saturated rings. The largest absolute Gasteiger partial charge is 0.397 e. The van der Waals surface area contributed by atoms with Crippen LogP contribution in [0.15, 0.2) is 42.7 Å². The summed E-state index contributed by atoms with van der Waals surface area (Å²) in [4.78, 5) is 7.32. The van der Waals surface area contributed by atoms with E-state index in [1.807, 2.05) is 18.2 Å². The van der Waals surface area contributed by atoms with Crippen molar-refractivity contribution in [3.05, 3.63) is 53.9 Å². The summed E-state index contributed by atoms with van der Waals surface area (Å²) in [5.74, 6) is 0. The number of fused-ring (bicyclic) bond motifs is 1. The topological polar surface area (TPSA) is 66.7 Å². The minimum Gasteiger partial charge on any atom is -0.397 e. The Hall–Kier alpha value is -2.49. The fraction of sp³-hybridized carbons (Fsp3) is 0.133. The highest BCUT2D eigenvalue weighted by atomic mass is 14.9. The maximum Gasteiger partial charge on any atom is 0.0931 e. The second-order valence-corrected chi connectivity index (χ2v) is 4.70. The Morgan fingerprint density at radius 1 is 1.21 bits per heavy atom. The van der Waals surface area contributed by atoms with E-state index in [9.17, 15) is 0 Å². The molecule has 0 aliphatic heterocycles. The van der Waals surface area contributed by atoms with Crippen molar-refractivity contribution in [2.75, 3.05) is 11.1 Å². The van der Waals surface area contributed by atoms with Gasteiger partial charge in [0.1, 0.15) is 0 Å². The molecular weight excluding hydrogens is 236 g/mol. The lowest BCUT2D eigenvalue weighted by Crippen LogP contribution is -2.02. The maximum absolute atomic E-state index is 5.95. The van der Waals surface area contributed by atoms with Gasteiger partial charge in [0, 0.05) is 6.54 Å². The van der Waals surface area contributed by atoms with Crippen LogP contribution in [0, 0.1) is 6.92 Å². The van der Waals surface area contributed by atoms with Crippen LogP contribution in [0.4, 0.5) is 11.4 Å².